The molecule has 128 valence electrons. The Morgan fingerprint density at radius 3 is 2.52 bits per heavy atom. The van der Waals surface area contributed by atoms with Gasteiger partial charge in [-0.2, -0.15) is 5.10 Å². The van der Waals surface area contributed by atoms with Crippen LogP contribution in [0.15, 0.2) is 49.1 Å². The van der Waals surface area contributed by atoms with Crippen molar-refractivity contribution < 1.29 is 14.7 Å². The molecule has 0 spiro atoms. The summed E-state index contributed by atoms with van der Waals surface area (Å²) in [7, 11) is 0. The van der Waals surface area contributed by atoms with E-state index in [1.165, 1.54) is 6.33 Å². The molecule has 1 saturated carbocycles. The van der Waals surface area contributed by atoms with Gasteiger partial charge in [0.2, 0.25) is 5.91 Å². The Morgan fingerprint density at radius 1 is 1.16 bits per heavy atom. The SMILES string of the molecule is O=C(Nc1ccc(Cn2cncn2)cc1)[C@@H]1[C@H](C(=O)O)[C@@H]2C=C[C@H]1C2. The Balaban J connectivity index is 1.44. The molecule has 2 N–H and O–H groups in total. The lowest BCUT2D eigenvalue weighted by Gasteiger charge is -2.23. The summed E-state index contributed by atoms with van der Waals surface area (Å²) in [6.07, 6.45) is 7.80. The smallest absolute Gasteiger partial charge is 0.307 e. The maximum atomic E-state index is 12.6. The molecule has 4 rings (SSSR count). The molecule has 0 aliphatic heterocycles. The van der Waals surface area contributed by atoms with Gasteiger partial charge in [-0.05, 0) is 36.0 Å². The van der Waals surface area contributed by atoms with E-state index in [2.05, 4.69) is 15.4 Å². The van der Waals surface area contributed by atoms with Crippen LogP contribution in [0.1, 0.15) is 12.0 Å². The summed E-state index contributed by atoms with van der Waals surface area (Å²) in [5.41, 5.74) is 1.71. The number of nitrogens with one attached hydrogen (secondary N) is 1. The average molecular weight is 338 g/mol. The molecule has 2 aliphatic carbocycles. The van der Waals surface area contributed by atoms with Gasteiger partial charge in [-0.15, -0.1) is 0 Å². The number of carboxylic acids is 1. The predicted octanol–water partition coefficient (Wildman–Crippen LogP) is 1.79. The second-order valence-electron chi connectivity index (χ2n) is 6.62. The van der Waals surface area contributed by atoms with Crippen molar-refractivity contribution in [3.8, 4) is 0 Å². The highest BCUT2D eigenvalue weighted by molar-refractivity contribution is 5.96. The molecule has 2 bridgehead atoms. The summed E-state index contributed by atoms with van der Waals surface area (Å²) in [4.78, 5) is 28.1. The largest absolute Gasteiger partial charge is 0.481 e. The number of hydrogen-bond donors (Lipinski definition) is 2. The highest BCUT2D eigenvalue weighted by Gasteiger charge is 2.51. The van der Waals surface area contributed by atoms with Gasteiger partial charge in [-0.1, -0.05) is 24.3 Å². The molecule has 2 aliphatic rings. The summed E-state index contributed by atoms with van der Waals surface area (Å²) in [6, 6.07) is 7.46. The minimum absolute atomic E-state index is 0.0247. The van der Waals surface area contributed by atoms with Crippen molar-refractivity contribution in [2.45, 2.75) is 13.0 Å². The number of benzene rings is 1. The molecule has 1 aromatic heterocycles. The van der Waals surface area contributed by atoms with Gasteiger partial charge in [0.25, 0.3) is 0 Å². The average Bonchev–Trinajstić information content (AvgIpc) is 3.32. The summed E-state index contributed by atoms with van der Waals surface area (Å²) in [5, 5.41) is 16.4. The molecule has 25 heavy (non-hydrogen) atoms. The van der Waals surface area contributed by atoms with Crippen molar-refractivity contribution in [2.24, 2.45) is 23.7 Å². The number of hydrogen-bond acceptors (Lipinski definition) is 4. The quantitative estimate of drug-likeness (QED) is 0.810. The van der Waals surface area contributed by atoms with Crippen LogP contribution in [-0.2, 0) is 16.1 Å². The summed E-state index contributed by atoms with van der Waals surface area (Å²) < 4.78 is 1.71. The van der Waals surface area contributed by atoms with Gasteiger partial charge in [-0.3, -0.25) is 9.59 Å². The maximum Gasteiger partial charge on any atom is 0.307 e. The molecule has 0 saturated heterocycles. The highest BCUT2D eigenvalue weighted by Crippen LogP contribution is 2.48. The number of carbonyl (C=O) groups is 2. The monoisotopic (exact) mass is 338 g/mol. The van der Waals surface area contributed by atoms with Crippen LogP contribution < -0.4 is 5.32 Å². The van der Waals surface area contributed by atoms with E-state index in [0.717, 1.165) is 12.0 Å². The number of fused-ring (bicyclic) bond motifs is 2. The minimum Gasteiger partial charge on any atom is -0.481 e. The number of allylic oxidation sites excluding steroid dienone is 2. The van der Waals surface area contributed by atoms with Gasteiger partial charge >= 0.3 is 5.97 Å². The predicted molar refractivity (Wildman–Crippen MR) is 89.5 cm³/mol. The first-order chi connectivity index (χ1) is 12.1. The van der Waals surface area contributed by atoms with Crippen molar-refractivity contribution in [1.82, 2.24) is 14.8 Å². The van der Waals surface area contributed by atoms with Crippen molar-refractivity contribution >= 4 is 17.6 Å². The van der Waals surface area contributed by atoms with Crippen LogP contribution in [0.5, 0.6) is 0 Å². The Labute approximate surface area is 144 Å². The van der Waals surface area contributed by atoms with E-state index >= 15 is 0 Å². The van der Waals surface area contributed by atoms with Gasteiger partial charge < -0.3 is 10.4 Å². The molecule has 1 amide bonds. The Kier molecular flexibility index (Phi) is 3.83. The summed E-state index contributed by atoms with van der Waals surface area (Å²) in [5.74, 6) is -2.22. The van der Waals surface area contributed by atoms with E-state index in [-0.39, 0.29) is 17.7 Å². The minimum atomic E-state index is -0.889. The molecule has 2 aromatic rings. The standard InChI is InChI=1S/C18H18N4O3/c23-17(15-12-3-4-13(7-12)16(15)18(24)25)21-14-5-1-11(2-6-14)8-22-10-19-9-20-22/h1-6,9-10,12-13,15-16H,7-8H2,(H,21,23)(H,24,25)/t12-,13+,15-,16+/m0/s1. The van der Waals surface area contributed by atoms with Crippen LogP contribution in [0.25, 0.3) is 0 Å². The van der Waals surface area contributed by atoms with Gasteiger partial charge in [0.15, 0.2) is 0 Å². The van der Waals surface area contributed by atoms with Crippen LogP contribution in [0, 0.1) is 23.7 Å². The normalized spacial score (nSPS) is 26.7. The zero-order valence-electron chi connectivity index (χ0n) is 13.4. The Bertz CT molecular complexity index is 813. The summed E-state index contributed by atoms with van der Waals surface area (Å²) >= 11 is 0. The fraction of sp³-hybridized carbons (Fsp3) is 0.333. The number of aromatic nitrogens is 3. The van der Waals surface area contributed by atoms with E-state index in [0.29, 0.717) is 12.2 Å². The first-order valence-corrected chi connectivity index (χ1v) is 8.25. The second-order valence-corrected chi connectivity index (χ2v) is 6.62. The molecule has 1 fully saturated rings. The third kappa shape index (κ3) is 2.93. The number of aliphatic carboxylic acids is 1. The number of amides is 1. The molecule has 1 heterocycles. The lowest BCUT2D eigenvalue weighted by atomic mass is 9.82. The number of anilines is 1. The molecular weight excluding hydrogens is 320 g/mol. The molecule has 1 aromatic carbocycles. The van der Waals surface area contributed by atoms with Crippen molar-refractivity contribution in [2.75, 3.05) is 5.32 Å². The zero-order valence-corrected chi connectivity index (χ0v) is 13.4. The molecule has 0 radical (unpaired) electrons. The second kappa shape index (κ2) is 6.16. The van der Waals surface area contributed by atoms with Crippen LogP contribution in [-0.4, -0.2) is 31.7 Å². The topological polar surface area (TPSA) is 97.1 Å². The van der Waals surface area contributed by atoms with E-state index in [1.54, 1.807) is 11.0 Å². The first kappa shape index (κ1) is 15.6. The van der Waals surface area contributed by atoms with Gasteiger partial charge in [0.05, 0.1) is 18.4 Å². The van der Waals surface area contributed by atoms with E-state index in [4.69, 9.17) is 0 Å². The van der Waals surface area contributed by atoms with Gasteiger partial charge in [0.1, 0.15) is 12.7 Å². The van der Waals surface area contributed by atoms with Crippen molar-refractivity contribution in [3.63, 3.8) is 0 Å². The number of carboxylic acid groups (broad SMARTS) is 1. The van der Waals surface area contributed by atoms with Crippen LogP contribution >= 0.6 is 0 Å². The van der Waals surface area contributed by atoms with E-state index in [1.807, 2.05) is 36.4 Å². The fourth-order valence-corrected chi connectivity index (χ4v) is 3.94. The van der Waals surface area contributed by atoms with Crippen molar-refractivity contribution in [1.29, 1.82) is 0 Å². The molecular formula is C18H18N4O3. The van der Waals surface area contributed by atoms with Crippen LogP contribution in [0.4, 0.5) is 5.69 Å². The molecule has 0 unspecified atom stereocenters. The van der Waals surface area contributed by atoms with Crippen LogP contribution in [0.3, 0.4) is 0 Å². The van der Waals surface area contributed by atoms with Crippen LogP contribution in [0.2, 0.25) is 0 Å². The lowest BCUT2D eigenvalue weighted by molar-refractivity contribution is -0.146. The Hall–Kier alpha value is -2.96. The molecule has 4 atom stereocenters. The molecule has 7 nitrogen and oxygen atoms in total. The maximum absolute atomic E-state index is 12.6. The highest BCUT2D eigenvalue weighted by atomic mass is 16.4. The third-order valence-corrected chi connectivity index (χ3v) is 5.08. The number of rotatable bonds is 5. The van der Waals surface area contributed by atoms with Gasteiger partial charge in [-0.25, -0.2) is 9.67 Å². The Morgan fingerprint density at radius 2 is 1.88 bits per heavy atom. The number of carbonyl (C=O) groups excluding carboxylic acids is 1. The first-order valence-electron chi connectivity index (χ1n) is 8.25. The van der Waals surface area contributed by atoms with E-state index in [9.17, 15) is 14.7 Å². The molecule has 7 heteroatoms. The van der Waals surface area contributed by atoms with Gasteiger partial charge in [0, 0.05) is 5.69 Å². The van der Waals surface area contributed by atoms with E-state index < -0.39 is 17.8 Å². The number of nitrogens with zero attached hydrogens (tertiary/aromatic N) is 3. The zero-order chi connectivity index (χ0) is 17.4. The van der Waals surface area contributed by atoms with Crippen molar-refractivity contribution in [3.05, 3.63) is 54.6 Å². The lowest BCUT2D eigenvalue weighted by Crippen LogP contribution is -2.36. The third-order valence-electron chi connectivity index (χ3n) is 5.08. The summed E-state index contributed by atoms with van der Waals surface area (Å²) in [6.45, 7) is 0.604. The fourth-order valence-electron chi connectivity index (χ4n) is 3.94.